The predicted octanol–water partition coefficient (Wildman–Crippen LogP) is 4.73. The first-order valence-corrected chi connectivity index (χ1v) is 13.1. The van der Waals surface area contributed by atoms with Crippen LogP contribution in [0.15, 0.2) is 34.2 Å². The number of carbonyl (C=O) groups excluding carboxylic acids is 4. The van der Waals surface area contributed by atoms with Gasteiger partial charge in [0.05, 0.1) is 43.8 Å². The van der Waals surface area contributed by atoms with Crippen molar-refractivity contribution in [1.29, 1.82) is 0 Å². The lowest BCUT2D eigenvalue weighted by molar-refractivity contribution is -0.189. The van der Waals surface area contributed by atoms with Crippen LogP contribution in [0, 0.1) is 34.0 Å². The second-order valence-electron chi connectivity index (χ2n) is 12.3. The molecule has 37 heavy (non-hydrogen) atoms. The zero-order chi connectivity index (χ0) is 26.9. The van der Waals surface area contributed by atoms with E-state index in [1.165, 1.54) is 14.0 Å². The van der Waals surface area contributed by atoms with Crippen molar-refractivity contribution in [3.05, 3.63) is 35.3 Å². The Balaban J connectivity index is 1.67. The number of ether oxygens (including phenoxy) is 3. The van der Waals surface area contributed by atoms with Crippen molar-refractivity contribution in [2.45, 2.75) is 78.9 Å². The maximum atomic E-state index is 14.2. The molecule has 1 saturated carbocycles. The molecule has 1 aliphatic heterocycles. The van der Waals surface area contributed by atoms with Gasteiger partial charge < -0.3 is 18.6 Å². The molecule has 0 aromatic carbocycles. The summed E-state index contributed by atoms with van der Waals surface area (Å²) in [6, 6.07) is 1.83. The van der Waals surface area contributed by atoms with Gasteiger partial charge in [-0.15, -0.1) is 0 Å². The molecule has 0 N–H and O–H groups in total. The summed E-state index contributed by atoms with van der Waals surface area (Å²) in [5.41, 5.74) is 0.989. The summed E-state index contributed by atoms with van der Waals surface area (Å²) in [5, 5.41) is 0. The van der Waals surface area contributed by atoms with Crippen LogP contribution in [0.1, 0.15) is 78.4 Å². The number of carbonyl (C=O) groups is 4. The number of hydrogen-bond donors (Lipinski definition) is 0. The van der Waals surface area contributed by atoms with Crippen molar-refractivity contribution < 1.29 is 37.8 Å². The maximum absolute atomic E-state index is 14.2. The average Bonchev–Trinajstić information content (AvgIpc) is 3.36. The summed E-state index contributed by atoms with van der Waals surface area (Å²) in [6.07, 6.45) is 4.15. The zero-order valence-electron chi connectivity index (χ0n) is 22.4. The summed E-state index contributed by atoms with van der Waals surface area (Å²) in [5.74, 6) is -2.25. The highest BCUT2D eigenvalue weighted by Crippen LogP contribution is 2.67. The van der Waals surface area contributed by atoms with Crippen LogP contribution in [0.3, 0.4) is 0 Å². The Morgan fingerprint density at radius 2 is 1.86 bits per heavy atom. The fourth-order valence-corrected chi connectivity index (χ4v) is 8.30. The quantitative estimate of drug-likeness (QED) is 0.324. The van der Waals surface area contributed by atoms with Crippen LogP contribution in [0.5, 0.6) is 0 Å². The molecule has 1 saturated heterocycles. The number of esters is 3. The Hall–Kier alpha value is -2.90. The summed E-state index contributed by atoms with van der Waals surface area (Å²) in [6.45, 7) is 9.42. The Labute approximate surface area is 217 Å². The summed E-state index contributed by atoms with van der Waals surface area (Å²) < 4.78 is 22.1. The van der Waals surface area contributed by atoms with Gasteiger partial charge >= 0.3 is 17.9 Å². The molecule has 3 aliphatic carbocycles. The second-order valence-corrected chi connectivity index (χ2v) is 12.3. The third-order valence-corrected chi connectivity index (χ3v) is 10.1. The van der Waals surface area contributed by atoms with Crippen molar-refractivity contribution in [2.75, 3.05) is 7.11 Å². The van der Waals surface area contributed by atoms with E-state index in [9.17, 15) is 19.2 Å². The Morgan fingerprint density at radius 3 is 2.49 bits per heavy atom. The molecule has 1 aromatic heterocycles. The molecule has 1 aromatic rings. The van der Waals surface area contributed by atoms with Crippen LogP contribution in [-0.2, 0) is 33.4 Å². The highest BCUT2D eigenvalue weighted by Gasteiger charge is 2.67. The molecule has 8 nitrogen and oxygen atoms in total. The molecule has 2 bridgehead atoms. The van der Waals surface area contributed by atoms with Gasteiger partial charge in [0.2, 0.25) is 0 Å². The van der Waals surface area contributed by atoms with Gasteiger partial charge in [-0.05, 0) is 44.1 Å². The van der Waals surface area contributed by atoms with Gasteiger partial charge in [0.1, 0.15) is 18.0 Å². The minimum atomic E-state index is -0.930. The average molecular weight is 513 g/mol. The Kier molecular flexibility index (Phi) is 5.96. The van der Waals surface area contributed by atoms with Gasteiger partial charge in [-0.2, -0.15) is 0 Å². The van der Waals surface area contributed by atoms with E-state index in [-0.39, 0.29) is 35.9 Å². The third kappa shape index (κ3) is 3.62. The normalized spacial score (nSPS) is 38.3. The van der Waals surface area contributed by atoms with E-state index in [0.717, 1.165) is 23.1 Å². The van der Waals surface area contributed by atoms with Gasteiger partial charge in [-0.3, -0.25) is 19.2 Å². The minimum absolute atomic E-state index is 0.0131. The molecule has 5 rings (SSSR count). The van der Waals surface area contributed by atoms with Gasteiger partial charge in [0, 0.05) is 23.3 Å². The smallest absolute Gasteiger partial charge is 0.307 e. The van der Waals surface area contributed by atoms with Crippen LogP contribution in [-0.4, -0.2) is 36.9 Å². The van der Waals surface area contributed by atoms with Crippen LogP contribution in [0.4, 0.5) is 0 Å². The molecule has 0 amide bonds. The first-order chi connectivity index (χ1) is 17.4. The summed E-state index contributed by atoms with van der Waals surface area (Å²) in [4.78, 5) is 52.0. The molecule has 0 spiro atoms. The number of hydrogen-bond acceptors (Lipinski definition) is 8. The second kappa shape index (κ2) is 8.57. The topological polar surface area (TPSA) is 109 Å². The largest absolute Gasteiger partial charge is 0.472 e. The monoisotopic (exact) mass is 512 g/mol. The molecule has 4 aliphatic rings. The molecule has 2 fully saturated rings. The summed E-state index contributed by atoms with van der Waals surface area (Å²) in [7, 11) is 1.34. The van der Waals surface area contributed by atoms with Crippen LogP contribution >= 0.6 is 0 Å². The molecule has 7 unspecified atom stereocenters. The SMILES string of the molecule is COC(=O)CC1C2(C)C(=O)C(CC3=C2CCC2(C)C3CC(=O)OC2c2ccoc2)C(OC(C)=O)C1(C)C. The summed E-state index contributed by atoms with van der Waals surface area (Å²) >= 11 is 0. The third-order valence-electron chi connectivity index (χ3n) is 10.1. The van der Waals surface area contributed by atoms with Crippen molar-refractivity contribution in [2.24, 2.45) is 34.0 Å². The van der Waals surface area contributed by atoms with E-state index in [1.54, 1.807) is 12.5 Å². The van der Waals surface area contributed by atoms with Crippen LogP contribution < -0.4 is 0 Å². The van der Waals surface area contributed by atoms with E-state index in [0.29, 0.717) is 12.8 Å². The Bertz CT molecular complexity index is 1180. The number of fused-ring (bicyclic) bond motifs is 5. The lowest BCUT2D eigenvalue weighted by Crippen LogP contribution is -2.64. The molecule has 8 heteroatoms. The Morgan fingerprint density at radius 1 is 1.14 bits per heavy atom. The fraction of sp³-hybridized carbons (Fsp3) is 0.655. The van der Waals surface area contributed by atoms with Crippen molar-refractivity contribution in [1.82, 2.24) is 0 Å². The number of rotatable bonds is 4. The molecule has 0 radical (unpaired) electrons. The highest BCUT2D eigenvalue weighted by molar-refractivity contribution is 5.94. The maximum Gasteiger partial charge on any atom is 0.307 e. The first kappa shape index (κ1) is 25.7. The van der Waals surface area contributed by atoms with Crippen molar-refractivity contribution in [3.63, 3.8) is 0 Å². The lowest BCUT2D eigenvalue weighted by Gasteiger charge is -2.62. The van der Waals surface area contributed by atoms with Gasteiger partial charge in [-0.1, -0.05) is 31.9 Å². The van der Waals surface area contributed by atoms with Crippen LogP contribution in [0.2, 0.25) is 0 Å². The fourth-order valence-electron chi connectivity index (χ4n) is 8.30. The van der Waals surface area contributed by atoms with Crippen LogP contribution in [0.25, 0.3) is 0 Å². The van der Waals surface area contributed by atoms with Crippen molar-refractivity contribution >= 4 is 23.7 Å². The molecule has 2 heterocycles. The van der Waals surface area contributed by atoms with E-state index in [4.69, 9.17) is 18.6 Å². The highest BCUT2D eigenvalue weighted by atomic mass is 16.6. The van der Waals surface area contributed by atoms with E-state index >= 15 is 0 Å². The number of ketones is 1. The number of furan rings is 1. The van der Waals surface area contributed by atoms with E-state index in [2.05, 4.69) is 6.92 Å². The number of Topliss-reactive ketones (excluding diaryl/α,β-unsaturated/α-hetero) is 1. The predicted molar refractivity (Wildman–Crippen MR) is 131 cm³/mol. The van der Waals surface area contributed by atoms with Gasteiger partial charge in [0.15, 0.2) is 0 Å². The standard InChI is InChI=1S/C29H36O8/c1-15(30)36-26-18-11-17-19(29(5,24(18)33)21(27(26,2)3)13-22(31)34-6)7-9-28(4)20(17)12-23(32)37-25(28)16-8-10-35-14-16/h8,10,14,18,20-21,25-26H,7,9,11-13H2,1-6H3. The van der Waals surface area contributed by atoms with Gasteiger partial charge in [0.25, 0.3) is 0 Å². The lowest BCUT2D eigenvalue weighted by atomic mass is 9.42. The number of allylic oxidation sites excluding steroid dienone is 2. The molecule has 200 valence electrons. The zero-order valence-corrected chi connectivity index (χ0v) is 22.4. The van der Waals surface area contributed by atoms with Gasteiger partial charge in [-0.25, -0.2) is 0 Å². The van der Waals surface area contributed by atoms with Crippen molar-refractivity contribution in [3.8, 4) is 0 Å². The molecular formula is C29H36O8. The number of methoxy groups -OCH3 is 1. The first-order valence-electron chi connectivity index (χ1n) is 13.1. The van der Waals surface area contributed by atoms with E-state index in [1.807, 2.05) is 26.8 Å². The minimum Gasteiger partial charge on any atom is -0.472 e. The molecule has 7 atom stereocenters. The molecular weight excluding hydrogens is 476 g/mol. The number of cyclic esters (lactones) is 1. The van der Waals surface area contributed by atoms with E-state index < -0.39 is 46.8 Å².